The molecule has 6 heteroatoms. The molecule has 0 aliphatic heterocycles. The summed E-state index contributed by atoms with van der Waals surface area (Å²) in [7, 11) is 0. The zero-order chi connectivity index (χ0) is 41.8. The van der Waals surface area contributed by atoms with Crippen LogP contribution in [-0.2, 0) is 0 Å². The molecule has 0 aliphatic carbocycles. The largest absolute Gasteiger partial charge is 0.309 e. The van der Waals surface area contributed by atoms with Gasteiger partial charge in [-0.15, -0.1) is 22.7 Å². The van der Waals surface area contributed by atoms with Crippen LogP contribution >= 0.6 is 22.7 Å². The Hall–Kier alpha value is -6.99. The van der Waals surface area contributed by atoms with Crippen LogP contribution in [0.25, 0.3) is 113 Å². The fourth-order valence-electron chi connectivity index (χ4n) is 8.14. The lowest BCUT2D eigenvalue weighted by molar-refractivity contribution is 1.08. The summed E-state index contributed by atoms with van der Waals surface area (Å²) in [6.07, 6.45) is 0. The van der Waals surface area contributed by atoms with Crippen molar-refractivity contribution in [3.8, 4) is 51.0 Å². The average molecular weight is 768 g/mol. The molecule has 12 aromatic rings. The fraction of sp³-hybridized carbons (Fsp3) is 0. The van der Waals surface area contributed by atoms with Crippen LogP contribution in [0, 0.1) is 0 Å². The average Bonchev–Trinajstić information content (AvgIpc) is 3.99. The second-order valence-corrected chi connectivity index (χ2v) is 16.0. The van der Waals surface area contributed by atoms with E-state index < -0.39 is 0 Å². The van der Waals surface area contributed by atoms with Crippen LogP contribution in [0.3, 0.4) is 0 Å². The SMILES string of the molecule is [2H]c1cc([2H])c2c(sc3c([2H])cc([2H])c([2H])c32)c1-c1cc(-c2nc(-c3ccccc3)nc(-c3cccc4c3sc3ccccc34)n2)ccc1-n1c2ccccc2c2ccccc21. The summed E-state index contributed by atoms with van der Waals surface area (Å²) in [5.41, 5.74) is 6.51. The van der Waals surface area contributed by atoms with Crippen molar-refractivity contribution in [2.24, 2.45) is 0 Å². The van der Waals surface area contributed by atoms with Crippen LogP contribution in [-0.4, -0.2) is 19.5 Å². The molecule has 0 fully saturated rings. The van der Waals surface area contributed by atoms with Gasteiger partial charge in [-0.25, -0.2) is 15.0 Å². The van der Waals surface area contributed by atoms with Crippen LogP contribution in [0.15, 0.2) is 182 Å². The van der Waals surface area contributed by atoms with Crippen LogP contribution in [0.5, 0.6) is 0 Å². The van der Waals surface area contributed by atoms with E-state index in [1.54, 1.807) is 11.3 Å². The summed E-state index contributed by atoms with van der Waals surface area (Å²) >= 11 is 3.02. The van der Waals surface area contributed by atoms with Crippen LogP contribution < -0.4 is 0 Å². The van der Waals surface area contributed by atoms with Gasteiger partial charge >= 0.3 is 0 Å². The number of hydrogen-bond donors (Lipinski definition) is 0. The Labute approximate surface area is 342 Å². The molecule has 0 radical (unpaired) electrons. The Morgan fingerprint density at radius 3 is 1.89 bits per heavy atom. The van der Waals surface area contributed by atoms with Gasteiger partial charge in [0.2, 0.25) is 0 Å². The lowest BCUT2D eigenvalue weighted by Gasteiger charge is -2.17. The molecule has 4 heterocycles. The molecule has 12 rings (SSSR count). The molecule has 4 aromatic heterocycles. The molecule has 0 N–H and O–H groups in total. The van der Waals surface area contributed by atoms with Crippen molar-refractivity contribution in [1.29, 1.82) is 0 Å². The number of thiophene rings is 2. The molecule has 0 amide bonds. The Balaban J connectivity index is 1.18. The zero-order valence-corrected chi connectivity index (χ0v) is 31.7. The zero-order valence-electron chi connectivity index (χ0n) is 35.0. The highest BCUT2D eigenvalue weighted by molar-refractivity contribution is 7.26. The van der Waals surface area contributed by atoms with Crippen LogP contribution in [0.4, 0.5) is 0 Å². The van der Waals surface area contributed by atoms with Crippen molar-refractivity contribution in [2.75, 3.05) is 0 Å². The normalized spacial score (nSPS) is 13.1. The van der Waals surface area contributed by atoms with Crippen molar-refractivity contribution in [1.82, 2.24) is 19.5 Å². The molecule has 57 heavy (non-hydrogen) atoms. The van der Waals surface area contributed by atoms with E-state index >= 15 is 0 Å². The van der Waals surface area contributed by atoms with E-state index in [4.69, 9.17) is 20.4 Å². The number of aromatic nitrogens is 4. The summed E-state index contributed by atoms with van der Waals surface area (Å²) in [5, 5.41) is 5.36. The predicted molar refractivity (Wildman–Crippen MR) is 242 cm³/mol. The van der Waals surface area contributed by atoms with Gasteiger partial charge in [-0.2, -0.15) is 0 Å². The van der Waals surface area contributed by atoms with Gasteiger partial charge < -0.3 is 4.57 Å². The Kier molecular flexibility index (Phi) is 6.18. The van der Waals surface area contributed by atoms with Gasteiger partial charge in [-0.05, 0) is 48.5 Å². The van der Waals surface area contributed by atoms with Crippen molar-refractivity contribution in [3.05, 3.63) is 182 Å². The van der Waals surface area contributed by atoms with Gasteiger partial charge in [0.05, 0.1) is 23.6 Å². The smallest absolute Gasteiger partial charge is 0.165 e. The standard InChI is InChI=1S/C51H30N4S2/c1-2-14-31(15-3-1)49-52-50(54-51(53-49)40-23-13-21-38-36-19-7-11-27-46(36)57-48(38)40)32-28-29-44(55-42-24-8-4-16-33(42)34-17-5-9-25-43(34)55)41(30-32)39-22-12-20-37-35-18-6-10-26-45(35)56-47(37)39/h1-30H/i6D,18D,20D,22D,26D. The van der Waals surface area contributed by atoms with E-state index in [0.717, 1.165) is 48.7 Å². The molecule has 0 saturated carbocycles. The third-order valence-electron chi connectivity index (χ3n) is 10.7. The van der Waals surface area contributed by atoms with Crippen LogP contribution in [0.2, 0.25) is 0 Å². The van der Waals surface area contributed by atoms with Gasteiger partial charge in [0.15, 0.2) is 17.5 Å². The Morgan fingerprint density at radius 1 is 0.404 bits per heavy atom. The van der Waals surface area contributed by atoms with Gasteiger partial charge in [-0.1, -0.05) is 133 Å². The second kappa shape index (κ2) is 12.8. The van der Waals surface area contributed by atoms with Crippen LogP contribution in [0.1, 0.15) is 6.85 Å². The Bertz CT molecular complexity index is 3780. The van der Waals surface area contributed by atoms with E-state index in [-0.39, 0.29) is 30.2 Å². The van der Waals surface area contributed by atoms with Gasteiger partial charge in [0.1, 0.15) is 0 Å². The van der Waals surface area contributed by atoms with Crippen molar-refractivity contribution >= 4 is 84.8 Å². The summed E-state index contributed by atoms with van der Waals surface area (Å²) in [4.78, 5) is 15.5. The first-order valence-corrected chi connectivity index (χ1v) is 20.2. The molecule has 8 aromatic carbocycles. The number of rotatable bonds is 5. The first-order valence-electron chi connectivity index (χ1n) is 21.1. The molecule has 0 atom stereocenters. The van der Waals surface area contributed by atoms with Crippen molar-refractivity contribution in [3.63, 3.8) is 0 Å². The summed E-state index contributed by atoms with van der Waals surface area (Å²) in [5.74, 6) is 1.53. The number of para-hydroxylation sites is 2. The maximum Gasteiger partial charge on any atom is 0.165 e. The molecular weight excluding hydrogens is 733 g/mol. The van der Waals surface area contributed by atoms with Gasteiger partial charge in [0.25, 0.3) is 0 Å². The summed E-state index contributed by atoms with van der Waals surface area (Å²) < 4.78 is 50.7. The monoisotopic (exact) mass is 767 g/mol. The summed E-state index contributed by atoms with van der Waals surface area (Å²) in [6.45, 7) is 0. The third-order valence-corrected chi connectivity index (χ3v) is 13.1. The molecule has 0 unspecified atom stereocenters. The highest BCUT2D eigenvalue weighted by Gasteiger charge is 2.21. The predicted octanol–water partition coefficient (Wildman–Crippen LogP) is 14.4. The maximum atomic E-state index is 9.60. The van der Waals surface area contributed by atoms with Gasteiger partial charge in [0, 0.05) is 78.9 Å². The van der Waals surface area contributed by atoms with Crippen molar-refractivity contribution < 1.29 is 6.85 Å². The quantitative estimate of drug-likeness (QED) is 0.175. The maximum absolute atomic E-state index is 9.60. The number of nitrogens with zero attached hydrogens (tertiary/aromatic N) is 4. The first kappa shape index (κ1) is 27.6. The number of benzene rings is 8. The number of fused-ring (bicyclic) bond motifs is 9. The molecule has 0 aliphatic rings. The van der Waals surface area contributed by atoms with Gasteiger partial charge in [-0.3, -0.25) is 0 Å². The minimum atomic E-state index is -0.0720. The van der Waals surface area contributed by atoms with E-state index in [9.17, 15) is 1.37 Å². The lowest BCUT2D eigenvalue weighted by atomic mass is 9.98. The highest BCUT2D eigenvalue weighted by Crippen LogP contribution is 2.45. The topological polar surface area (TPSA) is 43.6 Å². The molecule has 0 saturated heterocycles. The minimum Gasteiger partial charge on any atom is -0.309 e. The molecule has 0 bridgehead atoms. The Morgan fingerprint density at radius 2 is 1.07 bits per heavy atom. The lowest BCUT2D eigenvalue weighted by Crippen LogP contribution is -2.02. The van der Waals surface area contributed by atoms with E-state index in [0.29, 0.717) is 54.3 Å². The molecule has 4 nitrogen and oxygen atoms in total. The third kappa shape index (κ3) is 5.08. The van der Waals surface area contributed by atoms with E-state index in [2.05, 4.69) is 77.4 Å². The molecular formula is C51H30N4S2. The number of hydrogen-bond acceptors (Lipinski definition) is 5. The molecule has 266 valence electrons. The second-order valence-electron chi connectivity index (χ2n) is 13.9. The molecule has 0 spiro atoms. The fourth-order valence-corrected chi connectivity index (χ4v) is 10.5. The van der Waals surface area contributed by atoms with Crippen molar-refractivity contribution in [2.45, 2.75) is 0 Å². The van der Waals surface area contributed by atoms with E-state index in [1.807, 2.05) is 66.7 Å². The first-order chi connectivity index (χ1) is 30.3. The highest BCUT2D eigenvalue weighted by atomic mass is 32.1. The minimum absolute atomic E-state index is 0.0318. The summed E-state index contributed by atoms with van der Waals surface area (Å²) in [6, 6.07) is 50.4. The van der Waals surface area contributed by atoms with E-state index in [1.165, 1.54) is 33.6 Å².